The second-order valence-electron chi connectivity index (χ2n) is 8.57. The van der Waals surface area contributed by atoms with Crippen LogP contribution in [0, 0.1) is 0 Å². The summed E-state index contributed by atoms with van der Waals surface area (Å²) in [5.74, 6) is 0.0580. The predicted octanol–water partition coefficient (Wildman–Crippen LogP) is 2.19. The lowest BCUT2D eigenvalue weighted by Crippen LogP contribution is -2.31. The van der Waals surface area contributed by atoms with E-state index in [1.807, 2.05) is 9.47 Å². The Morgan fingerprint density at radius 3 is 2.88 bits per heavy atom. The van der Waals surface area contributed by atoms with Gasteiger partial charge in [-0.2, -0.15) is 4.98 Å². The largest absolute Gasteiger partial charge is 0.456 e. The Balaban J connectivity index is 1.39. The highest BCUT2D eigenvalue weighted by atomic mass is 32.7. The molecular weight excluding hydrogens is 625 g/mol. The molecule has 1 aliphatic rings. The smallest absolute Gasteiger partial charge is 0.387 e. The van der Waals surface area contributed by atoms with Crippen molar-refractivity contribution in [3.8, 4) is 0 Å². The fourth-order valence-corrected chi connectivity index (χ4v) is 5.94. The first kappa shape index (κ1) is 29.8. The zero-order chi connectivity index (χ0) is 29.3. The lowest BCUT2D eigenvalue weighted by molar-refractivity contribution is -0.0415. The number of hydrogen-bond acceptors (Lipinski definition) is 13. The van der Waals surface area contributed by atoms with Gasteiger partial charge in [-0.25, -0.2) is 28.7 Å². The Bertz CT molecular complexity index is 1690. The van der Waals surface area contributed by atoms with Gasteiger partial charge in [0, 0.05) is 15.7 Å². The first-order valence-corrected chi connectivity index (χ1v) is 15.3. The summed E-state index contributed by atoms with van der Waals surface area (Å²) >= 11 is 7.64. The molecule has 220 valence electrons. The fraction of sp³-hybridized carbons (Fsp3) is 0.400. The van der Waals surface area contributed by atoms with Gasteiger partial charge in [-0.15, -0.1) is 0 Å². The number of alkyl halides is 1. The van der Waals surface area contributed by atoms with Crippen LogP contribution in [0.15, 0.2) is 29.5 Å². The zero-order valence-electron chi connectivity index (χ0n) is 20.8. The van der Waals surface area contributed by atoms with Crippen LogP contribution in [-0.4, -0.2) is 70.9 Å². The number of fused-ring (bicyclic) bond motifs is 2. The maximum Gasteiger partial charge on any atom is 0.387 e. The van der Waals surface area contributed by atoms with Crippen LogP contribution >= 0.6 is 41.1 Å². The van der Waals surface area contributed by atoms with Crippen molar-refractivity contribution in [1.29, 1.82) is 0 Å². The minimum Gasteiger partial charge on any atom is -0.456 e. The maximum atomic E-state index is 15.6. The molecule has 16 nitrogen and oxygen atoms in total. The van der Waals surface area contributed by atoms with E-state index in [0.29, 0.717) is 11.2 Å². The number of nitrogens with two attached hydrogens (primary N) is 1. The van der Waals surface area contributed by atoms with Crippen molar-refractivity contribution in [2.45, 2.75) is 37.8 Å². The van der Waals surface area contributed by atoms with E-state index in [9.17, 15) is 14.2 Å². The number of aromatic nitrogens is 7. The first-order valence-electron chi connectivity index (χ1n) is 11.7. The molecule has 6 atom stereocenters. The van der Waals surface area contributed by atoms with Gasteiger partial charge in [-0.3, -0.25) is 23.4 Å². The minimum absolute atomic E-state index is 0.0115. The molecule has 1 saturated heterocycles. The van der Waals surface area contributed by atoms with Crippen LogP contribution in [0.25, 0.3) is 22.3 Å². The SMILES string of the molecule is Nc1nc2c(ncn2[C@@H]2O[C@H](COP)[C@@H](F)[C@H]2OP(=O)(S)OCc2nc3cccnc3n2CCOC(=O)S)c(=O)[nH]1. The number of imidazole rings is 2. The summed E-state index contributed by atoms with van der Waals surface area (Å²) in [5, 5.41) is -0.763. The number of nitrogens with one attached hydrogen (secondary N) is 1. The number of H-pyrrole nitrogens is 1. The molecule has 1 aliphatic heterocycles. The molecule has 0 aliphatic carbocycles. The molecule has 3 N–H and O–H groups in total. The molecule has 0 saturated carbocycles. The van der Waals surface area contributed by atoms with Gasteiger partial charge in [0.2, 0.25) is 5.95 Å². The normalized spacial score (nSPS) is 22.3. The number of nitrogen functional groups attached to an aromatic ring is 1. The van der Waals surface area contributed by atoms with Crippen LogP contribution in [0.4, 0.5) is 15.1 Å². The number of carbonyl (C=O) groups is 1. The third-order valence-corrected chi connectivity index (χ3v) is 7.90. The molecule has 5 rings (SSSR count). The van der Waals surface area contributed by atoms with E-state index in [2.05, 4.69) is 49.8 Å². The average molecular weight is 649 g/mol. The predicted molar refractivity (Wildman–Crippen MR) is 151 cm³/mol. The number of ether oxygens (including phenoxy) is 2. The van der Waals surface area contributed by atoms with Gasteiger partial charge in [-0.1, -0.05) is 24.9 Å². The molecule has 0 radical (unpaired) electrons. The van der Waals surface area contributed by atoms with E-state index >= 15 is 4.39 Å². The van der Waals surface area contributed by atoms with E-state index in [0.717, 1.165) is 0 Å². The van der Waals surface area contributed by atoms with Gasteiger partial charge < -0.3 is 24.3 Å². The number of anilines is 1. The molecule has 2 unspecified atom stereocenters. The molecule has 0 spiro atoms. The summed E-state index contributed by atoms with van der Waals surface area (Å²) in [7, 11) is 1.99. The van der Waals surface area contributed by atoms with Gasteiger partial charge in [0.15, 0.2) is 29.2 Å². The Labute approximate surface area is 242 Å². The Hall–Kier alpha value is -2.63. The van der Waals surface area contributed by atoms with Crippen LogP contribution in [0.2, 0.25) is 0 Å². The third-order valence-electron chi connectivity index (χ3n) is 5.98. The standard InChI is InChI=1S/C20H23FN8O8P2S2/c21-12-10(6-34-38)36-18(29-8-24-13-16(29)26-19(22)27-17(13)30)14(12)37-39(32,41)35-7-11-25-9-2-1-3-23-15(9)28(11)4-5-33-20(31)40/h1-3,8,10,12,14,18H,4-7,38H2,(H,31,40)(H,32,41)(H3,22,26,27,30)/t10-,12-,14-,18-,39?/m1/s1. The molecule has 0 amide bonds. The zero-order valence-corrected chi connectivity index (χ0v) is 24.6. The number of thiol groups is 2. The lowest BCUT2D eigenvalue weighted by atomic mass is 10.1. The van der Waals surface area contributed by atoms with Crippen molar-refractivity contribution < 1.29 is 36.8 Å². The summed E-state index contributed by atoms with van der Waals surface area (Å²) in [6, 6.07) is 3.38. The van der Waals surface area contributed by atoms with E-state index < -0.39 is 42.3 Å². The van der Waals surface area contributed by atoms with E-state index in [-0.39, 0.29) is 49.3 Å². The summed E-state index contributed by atoms with van der Waals surface area (Å²) in [4.78, 5) is 42.4. The quantitative estimate of drug-likeness (QED) is 0.105. The number of hydrogen-bond donors (Lipinski definition) is 4. The van der Waals surface area contributed by atoms with Gasteiger partial charge in [0.05, 0.1) is 19.5 Å². The highest BCUT2D eigenvalue weighted by Crippen LogP contribution is 2.57. The van der Waals surface area contributed by atoms with Gasteiger partial charge in [0.25, 0.3) is 5.56 Å². The molecule has 0 bridgehead atoms. The van der Waals surface area contributed by atoms with Crippen LogP contribution in [0.5, 0.6) is 0 Å². The summed E-state index contributed by atoms with van der Waals surface area (Å²) in [5.41, 5.74) is 5.92. The van der Waals surface area contributed by atoms with Crippen molar-refractivity contribution in [2.24, 2.45) is 0 Å². The number of aromatic amines is 1. The van der Waals surface area contributed by atoms with Crippen molar-refractivity contribution in [1.82, 2.24) is 34.1 Å². The first-order chi connectivity index (χ1) is 19.6. The average Bonchev–Trinajstić information content (AvgIpc) is 3.58. The van der Waals surface area contributed by atoms with Gasteiger partial charge in [0.1, 0.15) is 36.8 Å². The second-order valence-corrected chi connectivity index (χ2v) is 12.1. The summed E-state index contributed by atoms with van der Waals surface area (Å²) in [6.07, 6.45) is -3.14. The molecule has 0 aromatic carbocycles. The number of nitrogens with zero attached hydrogens (tertiary/aromatic N) is 6. The van der Waals surface area contributed by atoms with Crippen LogP contribution in [0.3, 0.4) is 0 Å². The number of halogens is 1. The highest BCUT2D eigenvalue weighted by molar-refractivity contribution is 8.44. The van der Waals surface area contributed by atoms with Crippen molar-refractivity contribution in [3.05, 3.63) is 40.8 Å². The summed E-state index contributed by atoms with van der Waals surface area (Å²) < 4.78 is 58.5. The van der Waals surface area contributed by atoms with E-state index in [4.69, 9.17) is 28.8 Å². The number of pyridine rings is 1. The van der Waals surface area contributed by atoms with E-state index in [1.165, 1.54) is 10.9 Å². The van der Waals surface area contributed by atoms with E-state index in [1.54, 1.807) is 22.9 Å². The fourth-order valence-electron chi connectivity index (χ4n) is 4.29. The molecule has 21 heteroatoms. The van der Waals surface area contributed by atoms with Crippen LogP contribution < -0.4 is 11.3 Å². The number of rotatable bonds is 11. The van der Waals surface area contributed by atoms with Gasteiger partial charge >= 0.3 is 12.1 Å². The van der Waals surface area contributed by atoms with Crippen molar-refractivity contribution in [3.63, 3.8) is 0 Å². The highest BCUT2D eigenvalue weighted by Gasteiger charge is 2.50. The van der Waals surface area contributed by atoms with Crippen molar-refractivity contribution in [2.75, 3.05) is 18.9 Å². The Morgan fingerprint density at radius 1 is 1.32 bits per heavy atom. The molecule has 1 fully saturated rings. The van der Waals surface area contributed by atoms with Gasteiger partial charge in [-0.05, 0) is 12.1 Å². The minimum atomic E-state index is -4.30. The monoisotopic (exact) mass is 648 g/mol. The molecule has 5 heterocycles. The van der Waals surface area contributed by atoms with Crippen LogP contribution in [0.1, 0.15) is 12.1 Å². The Morgan fingerprint density at radius 2 is 2.12 bits per heavy atom. The van der Waals surface area contributed by atoms with Crippen LogP contribution in [-0.2, 0) is 40.8 Å². The molecular formula is C20H23FN8O8P2S2. The Kier molecular flexibility index (Phi) is 8.96. The number of carbonyl (C=O) groups excluding carboxylic acids is 1. The maximum absolute atomic E-state index is 15.6. The molecule has 4 aromatic rings. The third kappa shape index (κ3) is 6.41. The van der Waals surface area contributed by atoms with Crippen molar-refractivity contribution >= 4 is 74.7 Å². The molecule has 41 heavy (non-hydrogen) atoms. The second kappa shape index (κ2) is 12.3. The topological polar surface area (TPSA) is 201 Å². The summed E-state index contributed by atoms with van der Waals surface area (Å²) in [6.45, 7) is -4.79. The lowest BCUT2D eigenvalue weighted by Gasteiger charge is -2.24. The molecule has 4 aromatic heterocycles.